The van der Waals surface area contributed by atoms with Gasteiger partial charge < -0.3 is 5.11 Å². The van der Waals surface area contributed by atoms with Gasteiger partial charge in [-0.1, -0.05) is 60.7 Å². The summed E-state index contributed by atoms with van der Waals surface area (Å²) in [6.07, 6.45) is 3.10. The lowest BCUT2D eigenvalue weighted by Gasteiger charge is -2.18. The second-order valence-corrected chi connectivity index (χ2v) is 5.54. The highest BCUT2D eigenvalue weighted by atomic mass is 16.3. The standard InChI is InChI=1S/C18H20O/c19-18(15-9-5-2-6-10-15)17-12-11-16(13-17)14-7-3-1-4-8-14/h1-10,16-19H,11-13H2. The molecule has 0 heterocycles. The van der Waals surface area contributed by atoms with Crippen LogP contribution in [0, 0.1) is 5.92 Å². The van der Waals surface area contributed by atoms with Crippen molar-refractivity contribution in [2.75, 3.05) is 0 Å². The summed E-state index contributed by atoms with van der Waals surface area (Å²) in [6.45, 7) is 0. The fourth-order valence-electron chi connectivity index (χ4n) is 3.25. The van der Waals surface area contributed by atoms with Crippen LogP contribution in [-0.4, -0.2) is 5.11 Å². The van der Waals surface area contributed by atoms with Crippen LogP contribution < -0.4 is 0 Å². The maximum Gasteiger partial charge on any atom is 0.0818 e. The first-order valence-electron chi connectivity index (χ1n) is 7.12. The molecule has 1 heteroatoms. The molecule has 3 atom stereocenters. The Morgan fingerprint density at radius 3 is 2.16 bits per heavy atom. The number of hydrogen-bond donors (Lipinski definition) is 1. The molecular weight excluding hydrogens is 232 g/mol. The zero-order valence-electron chi connectivity index (χ0n) is 11.1. The summed E-state index contributed by atoms with van der Waals surface area (Å²) in [5.41, 5.74) is 2.48. The maximum absolute atomic E-state index is 10.5. The zero-order chi connectivity index (χ0) is 13.1. The second kappa shape index (κ2) is 5.58. The zero-order valence-corrected chi connectivity index (χ0v) is 11.1. The second-order valence-electron chi connectivity index (χ2n) is 5.54. The summed E-state index contributed by atoms with van der Waals surface area (Å²) >= 11 is 0. The van der Waals surface area contributed by atoms with Crippen molar-refractivity contribution < 1.29 is 5.11 Å². The van der Waals surface area contributed by atoms with E-state index in [0.717, 1.165) is 18.4 Å². The van der Waals surface area contributed by atoms with Crippen LogP contribution >= 0.6 is 0 Å². The van der Waals surface area contributed by atoms with Gasteiger partial charge in [0.1, 0.15) is 0 Å². The largest absolute Gasteiger partial charge is 0.388 e. The van der Waals surface area contributed by atoms with E-state index in [1.54, 1.807) is 0 Å². The Kier molecular flexibility index (Phi) is 3.65. The molecule has 0 saturated heterocycles. The summed E-state index contributed by atoms with van der Waals surface area (Å²) < 4.78 is 0. The van der Waals surface area contributed by atoms with Crippen molar-refractivity contribution in [3.63, 3.8) is 0 Å². The molecule has 0 spiro atoms. The van der Waals surface area contributed by atoms with Gasteiger partial charge in [-0.3, -0.25) is 0 Å². The quantitative estimate of drug-likeness (QED) is 0.863. The predicted molar refractivity (Wildman–Crippen MR) is 77.9 cm³/mol. The van der Waals surface area contributed by atoms with Gasteiger partial charge in [0.25, 0.3) is 0 Å². The van der Waals surface area contributed by atoms with E-state index in [2.05, 4.69) is 30.3 Å². The highest BCUT2D eigenvalue weighted by Crippen LogP contribution is 2.43. The van der Waals surface area contributed by atoms with Gasteiger partial charge in [-0.25, -0.2) is 0 Å². The number of aliphatic hydroxyl groups excluding tert-OH is 1. The van der Waals surface area contributed by atoms with Gasteiger partial charge in [-0.05, 0) is 42.2 Å². The number of hydrogen-bond acceptors (Lipinski definition) is 1. The van der Waals surface area contributed by atoms with E-state index in [9.17, 15) is 5.11 Å². The van der Waals surface area contributed by atoms with Crippen LogP contribution in [0.5, 0.6) is 0 Å². The van der Waals surface area contributed by atoms with Gasteiger partial charge in [-0.15, -0.1) is 0 Å². The van der Waals surface area contributed by atoms with E-state index in [0.29, 0.717) is 11.8 Å². The molecule has 2 aromatic carbocycles. The lowest BCUT2D eigenvalue weighted by atomic mass is 9.91. The Hall–Kier alpha value is -1.60. The molecule has 1 N–H and O–H groups in total. The minimum absolute atomic E-state index is 0.310. The smallest absolute Gasteiger partial charge is 0.0818 e. The highest BCUT2D eigenvalue weighted by molar-refractivity contribution is 5.23. The third-order valence-electron chi connectivity index (χ3n) is 4.33. The van der Waals surface area contributed by atoms with Crippen LogP contribution in [0.3, 0.4) is 0 Å². The molecule has 1 saturated carbocycles. The molecule has 1 aliphatic carbocycles. The third kappa shape index (κ3) is 2.71. The highest BCUT2D eigenvalue weighted by Gasteiger charge is 2.31. The first-order valence-corrected chi connectivity index (χ1v) is 7.12. The monoisotopic (exact) mass is 252 g/mol. The molecule has 1 nitrogen and oxygen atoms in total. The van der Waals surface area contributed by atoms with Crippen LogP contribution in [0.1, 0.15) is 42.4 Å². The Labute approximate surface area is 114 Å². The minimum Gasteiger partial charge on any atom is -0.388 e. The molecule has 0 bridgehead atoms. The van der Waals surface area contributed by atoms with Crippen molar-refractivity contribution in [3.05, 3.63) is 71.8 Å². The lowest BCUT2D eigenvalue weighted by molar-refractivity contribution is 0.111. The maximum atomic E-state index is 10.5. The average molecular weight is 252 g/mol. The summed E-state index contributed by atoms with van der Waals surface area (Å²) in [5.74, 6) is 1.01. The molecule has 1 aliphatic rings. The predicted octanol–water partition coefficient (Wildman–Crippen LogP) is 4.30. The van der Waals surface area contributed by atoms with E-state index >= 15 is 0 Å². The van der Waals surface area contributed by atoms with Gasteiger partial charge in [0, 0.05) is 0 Å². The fourth-order valence-corrected chi connectivity index (χ4v) is 3.25. The van der Waals surface area contributed by atoms with Crippen molar-refractivity contribution >= 4 is 0 Å². The molecule has 1 fully saturated rings. The van der Waals surface area contributed by atoms with E-state index in [-0.39, 0.29) is 6.10 Å². The normalized spacial score (nSPS) is 24.3. The van der Waals surface area contributed by atoms with Crippen LogP contribution in [0.25, 0.3) is 0 Å². The Morgan fingerprint density at radius 2 is 1.47 bits per heavy atom. The molecular formula is C18H20O. The van der Waals surface area contributed by atoms with Crippen molar-refractivity contribution in [1.82, 2.24) is 0 Å². The summed E-state index contributed by atoms with van der Waals surface area (Å²) in [5, 5.41) is 10.5. The molecule has 19 heavy (non-hydrogen) atoms. The summed E-state index contributed by atoms with van der Waals surface area (Å²) in [7, 11) is 0. The molecule has 0 radical (unpaired) electrons. The molecule has 98 valence electrons. The first-order chi connectivity index (χ1) is 9.34. The van der Waals surface area contributed by atoms with Gasteiger partial charge in [0.15, 0.2) is 0 Å². The van der Waals surface area contributed by atoms with E-state index < -0.39 is 0 Å². The lowest BCUT2D eigenvalue weighted by Crippen LogP contribution is -2.09. The van der Waals surface area contributed by atoms with Crippen LogP contribution in [0.2, 0.25) is 0 Å². The fraction of sp³-hybridized carbons (Fsp3) is 0.333. The Balaban J connectivity index is 1.69. The van der Waals surface area contributed by atoms with E-state index in [1.807, 2.05) is 30.3 Å². The van der Waals surface area contributed by atoms with Gasteiger partial charge in [0.05, 0.1) is 6.10 Å². The van der Waals surface area contributed by atoms with Crippen LogP contribution in [0.15, 0.2) is 60.7 Å². The topological polar surface area (TPSA) is 20.2 Å². The van der Waals surface area contributed by atoms with Crippen molar-refractivity contribution in [1.29, 1.82) is 0 Å². The van der Waals surface area contributed by atoms with E-state index in [4.69, 9.17) is 0 Å². The SMILES string of the molecule is OC(c1ccccc1)C1CCC(c2ccccc2)C1. The Bertz CT molecular complexity index is 506. The molecule has 2 aromatic rings. The number of rotatable bonds is 3. The number of benzene rings is 2. The molecule has 0 aromatic heterocycles. The van der Waals surface area contributed by atoms with E-state index in [1.165, 1.54) is 12.0 Å². The molecule has 3 rings (SSSR count). The first kappa shape index (κ1) is 12.4. The van der Waals surface area contributed by atoms with Gasteiger partial charge in [-0.2, -0.15) is 0 Å². The van der Waals surface area contributed by atoms with Crippen molar-refractivity contribution in [2.24, 2.45) is 5.92 Å². The number of aliphatic hydroxyl groups is 1. The summed E-state index contributed by atoms with van der Waals surface area (Å²) in [4.78, 5) is 0. The van der Waals surface area contributed by atoms with Crippen LogP contribution in [0.4, 0.5) is 0 Å². The Morgan fingerprint density at radius 1 is 0.842 bits per heavy atom. The molecule has 0 aliphatic heterocycles. The average Bonchev–Trinajstić information content (AvgIpc) is 2.98. The molecule has 3 unspecified atom stereocenters. The van der Waals surface area contributed by atoms with Crippen molar-refractivity contribution in [3.8, 4) is 0 Å². The third-order valence-corrected chi connectivity index (χ3v) is 4.33. The van der Waals surface area contributed by atoms with Gasteiger partial charge >= 0.3 is 0 Å². The molecule has 0 amide bonds. The summed E-state index contributed by atoms with van der Waals surface area (Å²) in [6, 6.07) is 20.8. The minimum atomic E-state index is -0.310. The van der Waals surface area contributed by atoms with Crippen LogP contribution in [-0.2, 0) is 0 Å². The van der Waals surface area contributed by atoms with Crippen molar-refractivity contribution in [2.45, 2.75) is 31.3 Å². The van der Waals surface area contributed by atoms with Gasteiger partial charge in [0.2, 0.25) is 0 Å².